The van der Waals surface area contributed by atoms with Gasteiger partial charge in [-0.15, -0.1) is 0 Å². The second-order valence-corrected chi connectivity index (χ2v) is 5.22. The van der Waals surface area contributed by atoms with Crippen molar-refractivity contribution in [3.05, 3.63) is 0 Å². The molecule has 0 aromatic rings. The van der Waals surface area contributed by atoms with Gasteiger partial charge in [-0.05, 0) is 46.3 Å². The molecule has 0 radical (unpaired) electrons. The predicted octanol–water partition coefficient (Wildman–Crippen LogP) is 0.295. The Balaban J connectivity index is 2.37. The largest absolute Gasteiger partial charge is 0.336 e. The molecule has 1 aliphatic rings. The molecule has 3 amide bonds. The Bertz CT molecular complexity index is 301. The van der Waals surface area contributed by atoms with Crippen LogP contribution in [-0.4, -0.2) is 55.1 Å². The Hall–Kier alpha value is -1.14. The van der Waals surface area contributed by atoms with Gasteiger partial charge in [0.1, 0.15) is 0 Å². The number of carbonyl (C=O) groups is 2. The van der Waals surface area contributed by atoms with E-state index in [4.69, 9.17) is 0 Å². The van der Waals surface area contributed by atoms with Crippen molar-refractivity contribution in [2.75, 3.05) is 26.2 Å². The van der Waals surface area contributed by atoms with Gasteiger partial charge in [0, 0.05) is 12.1 Å². The van der Waals surface area contributed by atoms with E-state index >= 15 is 0 Å². The summed E-state index contributed by atoms with van der Waals surface area (Å²) >= 11 is 0. The van der Waals surface area contributed by atoms with Gasteiger partial charge in [-0.2, -0.15) is 0 Å². The fourth-order valence-corrected chi connectivity index (χ4v) is 2.32. The number of carbonyl (C=O) groups excluding carboxylic acids is 2. The highest BCUT2D eigenvalue weighted by molar-refractivity contribution is 5.95. The first-order valence-electron chi connectivity index (χ1n) is 7.08. The number of nitrogens with zero attached hydrogens (tertiary/aromatic N) is 1. The summed E-state index contributed by atoms with van der Waals surface area (Å²) in [6, 6.07) is 0.0472. The number of imide groups is 1. The molecule has 19 heavy (non-hydrogen) atoms. The molecule has 0 bridgehead atoms. The zero-order chi connectivity index (χ0) is 14.3. The van der Waals surface area contributed by atoms with Crippen molar-refractivity contribution in [3.63, 3.8) is 0 Å². The molecule has 0 spiro atoms. The Morgan fingerprint density at radius 1 is 1.32 bits per heavy atom. The molecule has 1 heterocycles. The first kappa shape index (κ1) is 15.9. The maximum absolute atomic E-state index is 11.8. The van der Waals surface area contributed by atoms with Crippen molar-refractivity contribution < 1.29 is 9.59 Å². The van der Waals surface area contributed by atoms with Crippen LogP contribution in [0.4, 0.5) is 4.79 Å². The highest BCUT2D eigenvalue weighted by Crippen LogP contribution is 2.10. The molecule has 110 valence electrons. The quantitative estimate of drug-likeness (QED) is 0.671. The van der Waals surface area contributed by atoms with E-state index < -0.39 is 6.03 Å². The van der Waals surface area contributed by atoms with Crippen LogP contribution in [-0.2, 0) is 4.79 Å². The molecule has 0 atom stereocenters. The van der Waals surface area contributed by atoms with Crippen molar-refractivity contribution in [3.8, 4) is 0 Å². The normalized spacial score (nSPS) is 16.7. The summed E-state index contributed by atoms with van der Waals surface area (Å²) < 4.78 is 0. The number of nitrogens with one attached hydrogen (secondary N) is 3. The number of amides is 3. The fraction of sp³-hybridized carbons (Fsp3) is 0.846. The second kappa shape index (κ2) is 8.12. The Morgan fingerprint density at radius 2 is 1.95 bits per heavy atom. The molecular formula is C13H26N4O2. The predicted molar refractivity (Wildman–Crippen MR) is 74.9 cm³/mol. The van der Waals surface area contributed by atoms with Crippen LogP contribution >= 0.6 is 0 Å². The van der Waals surface area contributed by atoms with Crippen LogP contribution in [0.5, 0.6) is 0 Å². The molecule has 0 aliphatic carbocycles. The summed E-state index contributed by atoms with van der Waals surface area (Å²) in [6.07, 6.45) is 2.11. The van der Waals surface area contributed by atoms with Gasteiger partial charge in [-0.25, -0.2) is 4.79 Å². The third-order valence-corrected chi connectivity index (χ3v) is 3.25. The smallest absolute Gasteiger partial charge is 0.321 e. The molecule has 1 saturated heterocycles. The summed E-state index contributed by atoms with van der Waals surface area (Å²) in [4.78, 5) is 25.4. The number of urea groups is 1. The first-order valence-corrected chi connectivity index (χ1v) is 7.08. The van der Waals surface area contributed by atoms with E-state index in [0.717, 1.165) is 32.5 Å². The molecule has 0 aromatic heterocycles. The molecule has 6 nitrogen and oxygen atoms in total. The van der Waals surface area contributed by atoms with Crippen LogP contribution in [0.25, 0.3) is 0 Å². The van der Waals surface area contributed by atoms with Gasteiger partial charge >= 0.3 is 6.03 Å². The van der Waals surface area contributed by atoms with Gasteiger partial charge in [-0.3, -0.25) is 15.0 Å². The zero-order valence-corrected chi connectivity index (χ0v) is 12.2. The molecule has 6 heteroatoms. The highest BCUT2D eigenvalue weighted by atomic mass is 16.2. The van der Waals surface area contributed by atoms with Gasteiger partial charge in [0.15, 0.2) is 0 Å². The van der Waals surface area contributed by atoms with E-state index in [1.165, 1.54) is 0 Å². The standard InChI is InChI=1S/C13H26N4O2/c1-4-17(11-5-7-14-8-6-11)9-12(18)16-13(19)15-10(2)3/h10-11,14H,4-9H2,1-3H3,(H2,15,16,18,19). The minimum atomic E-state index is -0.415. The maximum Gasteiger partial charge on any atom is 0.321 e. The van der Waals surface area contributed by atoms with Crippen LogP contribution in [0.1, 0.15) is 33.6 Å². The van der Waals surface area contributed by atoms with Crippen molar-refractivity contribution in [1.82, 2.24) is 20.9 Å². The van der Waals surface area contributed by atoms with Crippen LogP contribution in [0.2, 0.25) is 0 Å². The molecular weight excluding hydrogens is 244 g/mol. The maximum atomic E-state index is 11.8. The van der Waals surface area contributed by atoms with Crippen molar-refractivity contribution in [1.29, 1.82) is 0 Å². The molecule has 3 N–H and O–H groups in total. The molecule has 0 unspecified atom stereocenters. The van der Waals surface area contributed by atoms with Gasteiger partial charge in [0.25, 0.3) is 0 Å². The molecule has 1 aliphatic heterocycles. The van der Waals surface area contributed by atoms with Crippen LogP contribution in [0.3, 0.4) is 0 Å². The molecule has 1 fully saturated rings. The number of likely N-dealkylation sites (N-methyl/N-ethyl adjacent to an activating group) is 1. The van der Waals surface area contributed by atoms with Gasteiger partial charge in [0.05, 0.1) is 6.54 Å². The van der Waals surface area contributed by atoms with Gasteiger partial charge in [0.2, 0.25) is 5.91 Å². The minimum absolute atomic E-state index is 0.0273. The monoisotopic (exact) mass is 270 g/mol. The fourth-order valence-electron chi connectivity index (χ4n) is 2.32. The second-order valence-electron chi connectivity index (χ2n) is 5.22. The van der Waals surface area contributed by atoms with E-state index in [-0.39, 0.29) is 18.5 Å². The minimum Gasteiger partial charge on any atom is -0.336 e. The lowest BCUT2D eigenvalue weighted by atomic mass is 10.0. The summed E-state index contributed by atoms with van der Waals surface area (Å²) in [5.41, 5.74) is 0. The Labute approximate surface area is 115 Å². The molecule has 1 rings (SSSR count). The molecule has 0 aromatic carbocycles. The Morgan fingerprint density at radius 3 is 2.47 bits per heavy atom. The first-order chi connectivity index (χ1) is 9.02. The van der Waals surface area contributed by atoms with E-state index in [1.54, 1.807) is 0 Å². The summed E-state index contributed by atoms with van der Waals surface area (Å²) in [5.74, 6) is -0.237. The zero-order valence-electron chi connectivity index (χ0n) is 12.2. The van der Waals surface area contributed by atoms with Crippen LogP contribution < -0.4 is 16.0 Å². The summed E-state index contributed by atoms with van der Waals surface area (Å²) in [7, 11) is 0. The molecule has 0 saturated carbocycles. The number of hydrogen-bond donors (Lipinski definition) is 3. The van der Waals surface area contributed by atoms with E-state index in [9.17, 15) is 9.59 Å². The topological polar surface area (TPSA) is 73.5 Å². The van der Waals surface area contributed by atoms with Crippen molar-refractivity contribution in [2.45, 2.75) is 45.7 Å². The van der Waals surface area contributed by atoms with E-state index in [0.29, 0.717) is 6.04 Å². The van der Waals surface area contributed by atoms with Crippen molar-refractivity contribution >= 4 is 11.9 Å². The third-order valence-electron chi connectivity index (χ3n) is 3.25. The lowest BCUT2D eigenvalue weighted by molar-refractivity contribution is -0.121. The van der Waals surface area contributed by atoms with Gasteiger partial charge in [-0.1, -0.05) is 6.92 Å². The lowest BCUT2D eigenvalue weighted by Crippen LogP contribution is -2.50. The Kier molecular flexibility index (Phi) is 6.80. The summed E-state index contributed by atoms with van der Waals surface area (Å²) in [6.45, 7) is 8.86. The van der Waals surface area contributed by atoms with Gasteiger partial charge < -0.3 is 10.6 Å². The van der Waals surface area contributed by atoms with Crippen LogP contribution in [0, 0.1) is 0 Å². The summed E-state index contributed by atoms with van der Waals surface area (Å²) in [5, 5.41) is 8.32. The van der Waals surface area contributed by atoms with E-state index in [1.807, 2.05) is 20.8 Å². The number of rotatable bonds is 5. The average Bonchev–Trinajstić information content (AvgIpc) is 2.35. The average molecular weight is 270 g/mol. The number of piperidine rings is 1. The number of hydrogen-bond acceptors (Lipinski definition) is 4. The lowest BCUT2D eigenvalue weighted by Gasteiger charge is -2.33. The van der Waals surface area contributed by atoms with E-state index in [2.05, 4.69) is 20.9 Å². The highest BCUT2D eigenvalue weighted by Gasteiger charge is 2.22. The third kappa shape index (κ3) is 6.02. The van der Waals surface area contributed by atoms with Crippen LogP contribution in [0.15, 0.2) is 0 Å². The SMILES string of the molecule is CCN(CC(=O)NC(=O)NC(C)C)C1CCNCC1. The van der Waals surface area contributed by atoms with Crippen molar-refractivity contribution in [2.24, 2.45) is 0 Å².